The number of rotatable bonds is 9. The zero-order valence-electron chi connectivity index (χ0n) is 19.0. The molecule has 0 amide bonds. The van der Waals surface area contributed by atoms with Gasteiger partial charge in [0, 0.05) is 0 Å². The molecule has 2 aliphatic heterocycles. The molecule has 0 aromatic heterocycles. The Morgan fingerprint density at radius 1 is 1.23 bits per heavy atom. The van der Waals surface area contributed by atoms with E-state index in [1.165, 1.54) is 7.11 Å². The topological polar surface area (TPSA) is 84.5 Å². The summed E-state index contributed by atoms with van der Waals surface area (Å²) in [6.45, 7) is 9.24. The van der Waals surface area contributed by atoms with Crippen LogP contribution in [0.25, 0.3) is 0 Å². The molecule has 2 aliphatic rings. The van der Waals surface area contributed by atoms with Gasteiger partial charge in [0.1, 0.15) is 24.9 Å². The zero-order chi connectivity index (χ0) is 22.4. The Morgan fingerprint density at radius 2 is 1.97 bits per heavy atom. The van der Waals surface area contributed by atoms with E-state index in [1.54, 1.807) is 0 Å². The van der Waals surface area contributed by atoms with Crippen LogP contribution >= 0.6 is 0 Å². The van der Waals surface area contributed by atoms with Crippen LogP contribution in [-0.4, -0.2) is 69.3 Å². The largest absolute Gasteiger partial charge is 0.467 e. The van der Waals surface area contributed by atoms with Gasteiger partial charge in [-0.3, -0.25) is 0 Å². The Bertz CT molecular complexity index is 696. The van der Waals surface area contributed by atoms with Crippen molar-refractivity contribution >= 4 is 5.97 Å². The summed E-state index contributed by atoms with van der Waals surface area (Å²) in [6, 6.07) is 9.57. The Balaban J connectivity index is 1.81. The Hall–Kier alpha value is -1.55. The van der Waals surface area contributed by atoms with Gasteiger partial charge in [-0.05, 0) is 31.9 Å². The van der Waals surface area contributed by atoms with Gasteiger partial charge in [-0.25, -0.2) is 4.79 Å². The minimum atomic E-state index is -0.780. The number of hydrogen-bond acceptors (Lipinski definition) is 8. The van der Waals surface area contributed by atoms with Crippen molar-refractivity contribution in [3.63, 3.8) is 0 Å². The van der Waals surface area contributed by atoms with E-state index in [4.69, 9.17) is 28.4 Å². The van der Waals surface area contributed by atoms with Crippen molar-refractivity contribution in [3.05, 3.63) is 35.9 Å². The van der Waals surface area contributed by atoms with Crippen LogP contribution in [0.4, 0.5) is 0 Å². The maximum absolute atomic E-state index is 11.8. The molecule has 1 aromatic carbocycles. The van der Waals surface area contributed by atoms with Gasteiger partial charge in [-0.1, -0.05) is 44.2 Å². The fourth-order valence-electron chi connectivity index (χ4n) is 3.73. The first-order chi connectivity index (χ1) is 14.8. The van der Waals surface area contributed by atoms with Crippen LogP contribution < -0.4 is 5.32 Å². The van der Waals surface area contributed by atoms with Crippen molar-refractivity contribution in [3.8, 4) is 0 Å². The fraction of sp³-hybridized carbons (Fsp3) is 0.696. The van der Waals surface area contributed by atoms with Crippen molar-refractivity contribution in [1.29, 1.82) is 0 Å². The highest BCUT2D eigenvalue weighted by molar-refractivity contribution is 5.70. The number of nitrogens with one attached hydrogen (secondary N) is 1. The smallest absolute Gasteiger partial charge is 0.331 e. The summed E-state index contributed by atoms with van der Waals surface area (Å²) in [4.78, 5) is 11.8. The van der Waals surface area contributed by atoms with Crippen molar-refractivity contribution < 1.29 is 33.2 Å². The van der Waals surface area contributed by atoms with Gasteiger partial charge in [0.15, 0.2) is 12.1 Å². The summed E-state index contributed by atoms with van der Waals surface area (Å²) in [7, 11) is 1.34. The van der Waals surface area contributed by atoms with E-state index in [2.05, 4.69) is 19.2 Å². The number of ether oxygens (including phenoxy) is 6. The average molecular weight is 438 g/mol. The molecule has 8 heteroatoms. The quantitative estimate of drug-likeness (QED) is 0.589. The number of carbonyl (C=O) groups is 1. The van der Waals surface area contributed by atoms with Gasteiger partial charge < -0.3 is 33.7 Å². The molecule has 31 heavy (non-hydrogen) atoms. The average Bonchev–Trinajstić information content (AvgIpc) is 2.74. The van der Waals surface area contributed by atoms with Crippen LogP contribution in [0.5, 0.6) is 0 Å². The summed E-state index contributed by atoms with van der Waals surface area (Å²) in [5.41, 5.74) is 1.04. The number of fused-ring (bicyclic) bond motifs is 1. The molecule has 3 rings (SSSR count). The van der Waals surface area contributed by atoms with Crippen LogP contribution in [0.1, 0.15) is 33.3 Å². The predicted octanol–water partition coefficient (Wildman–Crippen LogP) is 2.25. The van der Waals surface area contributed by atoms with E-state index in [0.717, 1.165) is 12.1 Å². The minimum Gasteiger partial charge on any atom is -0.467 e. The molecule has 0 spiro atoms. The molecule has 0 unspecified atom stereocenters. The van der Waals surface area contributed by atoms with E-state index in [-0.39, 0.29) is 18.8 Å². The molecule has 174 valence electrons. The molecule has 2 saturated heterocycles. The first kappa shape index (κ1) is 24.1. The summed E-state index contributed by atoms with van der Waals surface area (Å²) >= 11 is 0. The maximum atomic E-state index is 11.8. The fourth-order valence-corrected chi connectivity index (χ4v) is 3.73. The Labute approximate surface area is 184 Å². The molecule has 0 bridgehead atoms. The standard InChI is InChI=1S/C23H35NO7/c1-15(2)11-24-19-21(27-14-18(25)26-5)20-17(13-29-23(3,4)31-20)30-22(19)28-12-16-9-7-6-8-10-16/h6-10,15,17,19-22,24H,11-14H2,1-5H3/t17-,19-,20-,21-,22+/m1/s1. The molecular weight excluding hydrogens is 402 g/mol. The highest BCUT2D eigenvalue weighted by Crippen LogP contribution is 2.34. The molecule has 0 saturated carbocycles. The lowest BCUT2D eigenvalue weighted by atomic mass is 9.94. The molecule has 0 aliphatic carbocycles. The molecule has 8 nitrogen and oxygen atoms in total. The van der Waals surface area contributed by atoms with Crippen LogP contribution in [-0.2, 0) is 39.8 Å². The van der Waals surface area contributed by atoms with Gasteiger partial charge in [0.25, 0.3) is 0 Å². The van der Waals surface area contributed by atoms with Crippen LogP contribution in [0.15, 0.2) is 30.3 Å². The van der Waals surface area contributed by atoms with E-state index in [1.807, 2.05) is 44.2 Å². The van der Waals surface area contributed by atoms with E-state index >= 15 is 0 Å². The highest BCUT2D eigenvalue weighted by atomic mass is 16.8. The molecule has 1 N–H and O–H groups in total. The summed E-state index contributed by atoms with van der Waals surface area (Å²) < 4.78 is 35.3. The Morgan fingerprint density at radius 3 is 2.65 bits per heavy atom. The zero-order valence-corrected chi connectivity index (χ0v) is 19.0. The van der Waals surface area contributed by atoms with Gasteiger partial charge in [-0.15, -0.1) is 0 Å². The van der Waals surface area contributed by atoms with E-state index in [9.17, 15) is 4.79 Å². The number of carbonyl (C=O) groups excluding carboxylic acids is 1. The highest BCUT2D eigenvalue weighted by Gasteiger charge is 2.52. The lowest BCUT2D eigenvalue weighted by molar-refractivity contribution is -0.373. The third-order valence-corrected chi connectivity index (χ3v) is 5.30. The predicted molar refractivity (Wildman–Crippen MR) is 113 cm³/mol. The van der Waals surface area contributed by atoms with Crippen molar-refractivity contribution in [2.24, 2.45) is 5.92 Å². The third kappa shape index (κ3) is 6.71. The summed E-state index contributed by atoms with van der Waals surface area (Å²) in [5.74, 6) is -0.822. The van der Waals surface area contributed by atoms with Crippen LogP contribution in [0.2, 0.25) is 0 Å². The van der Waals surface area contributed by atoms with Gasteiger partial charge in [0.2, 0.25) is 0 Å². The molecule has 2 fully saturated rings. The number of hydrogen-bond donors (Lipinski definition) is 1. The van der Waals surface area contributed by atoms with Crippen LogP contribution in [0.3, 0.4) is 0 Å². The number of methoxy groups -OCH3 is 1. The molecule has 5 atom stereocenters. The third-order valence-electron chi connectivity index (χ3n) is 5.30. The van der Waals surface area contributed by atoms with Crippen molar-refractivity contribution in [2.45, 2.75) is 70.7 Å². The minimum absolute atomic E-state index is 0.180. The normalized spacial score (nSPS) is 30.1. The molecule has 2 heterocycles. The molecule has 0 radical (unpaired) electrons. The van der Waals surface area contributed by atoms with Crippen molar-refractivity contribution in [1.82, 2.24) is 5.32 Å². The second kappa shape index (κ2) is 10.8. The Kier molecular flexibility index (Phi) is 8.43. The summed E-state index contributed by atoms with van der Waals surface area (Å²) in [5, 5.41) is 3.51. The van der Waals surface area contributed by atoms with Gasteiger partial charge in [-0.2, -0.15) is 0 Å². The maximum Gasteiger partial charge on any atom is 0.331 e. The molecular formula is C23H35NO7. The van der Waals surface area contributed by atoms with E-state index in [0.29, 0.717) is 19.1 Å². The van der Waals surface area contributed by atoms with Crippen LogP contribution in [0, 0.1) is 5.92 Å². The van der Waals surface area contributed by atoms with E-state index < -0.39 is 30.3 Å². The first-order valence-corrected chi connectivity index (χ1v) is 10.8. The monoisotopic (exact) mass is 437 g/mol. The SMILES string of the molecule is COC(=O)CO[C@@H]1[C@@H](NCC(C)C)[C@@H](OCc2ccccc2)O[C@@H]2COC(C)(C)O[C@@H]12. The number of esters is 1. The second-order valence-corrected chi connectivity index (χ2v) is 8.81. The lowest BCUT2D eigenvalue weighted by Gasteiger charge is -2.51. The van der Waals surface area contributed by atoms with Gasteiger partial charge >= 0.3 is 5.97 Å². The summed E-state index contributed by atoms with van der Waals surface area (Å²) in [6.07, 6.45) is -1.89. The first-order valence-electron chi connectivity index (χ1n) is 10.8. The lowest BCUT2D eigenvalue weighted by Crippen LogP contribution is -2.69. The second-order valence-electron chi connectivity index (χ2n) is 8.81. The number of benzene rings is 1. The van der Waals surface area contributed by atoms with Gasteiger partial charge in [0.05, 0.1) is 26.4 Å². The van der Waals surface area contributed by atoms with Crippen molar-refractivity contribution in [2.75, 3.05) is 26.9 Å². The molecule has 1 aromatic rings.